The van der Waals surface area contributed by atoms with E-state index in [9.17, 15) is 9.50 Å². The predicted molar refractivity (Wildman–Crippen MR) is 59.1 cm³/mol. The summed E-state index contributed by atoms with van der Waals surface area (Å²) in [6.07, 6.45) is -3.60. The van der Waals surface area contributed by atoms with Gasteiger partial charge >= 0.3 is 0 Å². The molecule has 0 unspecified atom stereocenters. The van der Waals surface area contributed by atoms with E-state index in [1.807, 2.05) is 12.1 Å². The van der Waals surface area contributed by atoms with Crippen molar-refractivity contribution in [2.75, 3.05) is 0 Å². The molecule has 2 aliphatic rings. The van der Waals surface area contributed by atoms with Crippen LogP contribution in [0.3, 0.4) is 0 Å². The molecule has 4 atom stereocenters. The van der Waals surface area contributed by atoms with E-state index in [0.29, 0.717) is 5.56 Å². The fourth-order valence-corrected chi connectivity index (χ4v) is 2.65. The molecule has 1 aliphatic heterocycles. The van der Waals surface area contributed by atoms with Crippen LogP contribution in [0, 0.1) is 0 Å². The molecule has 92 valence electrons. The smallest absolute Gasteiger partial charge is 0.164 e. The Morgan fingerprint density at radius 3 is 2.53 bits per heavy atom. The first-order chi connectivity index (χ1) is 7.99. The Hall–Kier alpha value is -0.970. The van der Waals surface area contributed by atoms with Gasteiger partial charge in [-0.3, -0.25) is 0 Å². The lowest BCUT2D eigenvalue weighted by Crippen LogP contribution is -2.39. The number of aliphatic hydroxyl groups excluding tert-OH is 1. The number of fused-ring (bicyclic) bond motifs is 3. The zero-order valence-corrected chi connectivity index (χ0v) is 9.76. The maximum Gasteiger partial charge on any atom is 0.164 e. The lowest BCUT2D eigenvalue weighted by molar-refractivity contribution is -0.158. The Bertz CT molecular complexity index is 446. The van der Waals surface area contributed by atoms with Crippen molar-refractivity contribution in [1.29, 1.82) is 0 Å². The zero-order chi connectivity index (χ0) is 12.2. The van der Waals surface area contributed by atoms with Gasteiger partial charge in [0.25, 0.3) is 0 Å². The minimum absolute atomic E-state index is 0.386. The van der Waals surface area contributed by atoms with Crippen molar-refractivity contribution in [2.45, 2.75) is 44.1 Å². The minimum Gasteiger partial charge on any atom is -0.387 e. The molecule has 0 aromatic heterocycles. The van der Waals surface area contributed by atoms with Crippen LogP contribution in [-0.4, -0.2) is 23.1 Å². The lowest BCUT2D eigenvalue weighted by Gasteiger charge is -2.32. The van der Waals surface area contributed by atoms with Gasteiger partial charge in [0, 0.05) is 0 Å². The normalized spacial score (nSPS) is 38.6. The molecule has 17 heavy (non-hydrogen) atoms. The first kappa shape index (κ1) is 11.1. The summed E-state index contributed by atoms with van der Waals surface area (Å²) in [6, 6.07) is 7.12. The summed E-state index contributed by atoms with van der Waals surface area (Å²) in [4.78, 5) is 0. The zero-order valence-electron chi connectivity index (χ0n) is 9.76. The van der Waals surface area contributed by atoms with E-state index >= 15 is 0 Å². The molecular weight excluding hydrogens is 223 g/mol. The first-order valence-electron chi connectivity index (χ1n) is 5.76. The van der Waals surface area contributed by atoms with Gasteiger partial charge in [-0.15, -0.1) is 0 Å². The van der Waals surface area contributed by atoms with Crippen LogP contribution in [0.2, 0.25) is 0 Å². The Morgan fingerprint density at radius 2 is 1.82 bits per heavy atom. The average molecular weight is 238 g/mol. The molecule has 1 aliphatic carbocycles. The molecule has 0 radical (unpaired) electrons. The Labute approximate surface area is 99.2 Å². The van der Waals surface area contributed by atoms with Crippen molar-refractivity contribution in [2.24, 2.45) is 0 Å². The van der Waals surface area contributed by atoms with Crippen molar-refractivity contribution in [3.63, 3.8) is 0 Å². The van der Waals surface area contributed by atoms with Crippen molar-refractivity contribution < 1.29 is 19.0 Å². The maximum atomic E-state index is 14.1. The Morgan fingerprint density at radius 1 is 1.18 bits per heavy atom. The maximum absolute atomic E-state index is 14.1. The van der Waals surface area contributed by atoms with E-state index in [1.54, 1.807) is 26.0 Å². The number of halogens is 1. The molecule has 1 heterocycles. The summed E-state index contributed by atoms with van der Waals surface area (Å²) in [7, 11) is 0. The van der Waals surface area contributed by atoms with Crippen LogP contribution in [-0.2, 0) is 9.47 Å². The summed E-state index contributed by atoms with van der Waals surface area (Å²) in [5, 5.41) is 9.95. The highest BCUT2D eigenvalue weighted by Gasteiger charge is 2.52. The molecule has 1 N–H and O–H groups in total. The molecule has 4 heteroatoms. The highest BCUT2D eigenvalue weighted by atomic mass is 19.1. The third-order valence-electron chi connectivity index (χ3n) is 3.37. The van der Waals surface area contributed by atoms with Crippen molar-refractivity contribution in [1.82, 2.24) is 0 Å². The number of benzene rings is 1. The summed E-state index contributed by atoms with van der Waals surface area (Å²) < 4.78 is 25.4. The molecule has 3 nitrogen and oxygen atoms in total. The second-order valence-corrected chi connectivity index (χ2v) is 5.04. The highest BCUT2D eigenvalue weighted by Crippen LogP contribution is 2.48. The van der Waals surface area contributed by atoms with Crippen molar-refractivity contribution in [3.05, 3.63) is 35.4 Å². The van der Waals surface area contributed by atoms with Crippen LogP contribution < -0.4 is 0 Å². The lowest BCUT2D eigenvalue weighted by atomic mass is 9.84. The fraction of sp³-hybridized carbons (Fsp3) is 0.538. The van der Waals surface area contributed by atoms with Gasteiger partial charge in [0.1, 0.15) is 18.3 Å². The molecular formula is C13H15FO3. The van der Waals surface area contributed by atoms with Crippen LogP contribution in [0.1, 0.15) is 37.3 Å². The second kappa shape index (κ2) is 3.51. The largest absolute Gasteiger partial charge is 0.387 e. The third-order valence-corrected chi connectivity index (χ3v) is 3.37. The number of ether oxygens (including phenoxy) is 2. The average Bonchev–Trinajstić information content (AvgIpc) is 2.62. The summed E-state index contributed by atoms with van der Waals surface area (Å²) in [6.45, 7) is 3.54. The van der Waals surface area contributed by atoms with E-state index < -0.39 is 24.2 Å². The summed E-state index contributed by atoms with van der Waals surface area (Å²) >= 11 is 0. The topological polar surface area (TPSA) is 38.7 Å². The fourth-order valence-electron chi connectivity index (χ4n) is 2.65. The van der Waals surface area contributed by atoms with Gasteiger partial charge in [-0.05, 0) is 25.0 Å². The van der Waals surface area contributed by atoms with Gasteiger partial charge in [0.2, 0.25) is 0 Å². The van der Waals surface area contributed by atoms with Gasteiger partial charge in [0.05, 0.1) is 0 Å². The molecule has 1 saturated heterocycles. The van der Waals surface area contributed by atoms with Crippen LogP contribution in [0.5, 0.6) is 0 Å². The molecule has 0 amide bonds. The Kier molecular flexibility index (Phi) is 2.30. The van der Waals surface area contributed by atoms with Crippen LogP contribution in [0.15, 0.2) is 24.3 Å². The third kappa shape index (κ3) is 1.59. The molecule has 1 aromatic carbocycles. The Balaban J connectivity index is 2.09. The van der Waals surface area contributed by atoms with Crippen molar-refractivity contribution in [3.8, 4) is 0 Å². The summed E-state index contributed by atoms with van der Waals surface area (Å²) in [5.74, 6) is -0.784. The van der Waals surface area contributed by atoms with Gasteiger partial charge in [-0.1, -0.05) is 24.3 Å². The number of alkyl halides is 1. The van der Waals surface area contributed by atoms with Gasteiger partial charge in [0.15, 0.2) is 12.0 Å². The SMILES string of the molecule is CC1(C)O[C@H]2[C@H](O)[C@H](F)c3ccccc3[C@H]2O1. The van der Waals surface area contributed by atoms with E-state index in [0.717, 1.165) is 5.56 Å². The number of rotatable bonds is 0. The molecule has 0 bridgehead atoms. The van der Waals surface area contributed by atoms with Crippen LogP contribution in [0.25, 0.3) is 0 Å². The number of aliphatic hydroxyl groups is 1. The van der Waals surface area contributed by atoms with Crippen molar-refractivity contribution >= 4 is 0 Å². The standard InChI is InChI=1S/C13H15FO3/c1-13(2)16-11-8-6-4-3-5-7(8)9(14)10(15)12(11)17-13/h3-6,9-12,15H,1-2H3/t9-,10-,11-,12+/m1/s1. The molecule has 0 spiro atoms. The monoisotopic (exact) mass is 238 g/mol. The number of hydrogen-bond acceptors (Lipinski definition) is 3. The predicted octanol–water partition coefficient (Wildman–Crippen LogP) is 2.26. The van der Waals surface area contributed by atoms with Crippen LogP contribution >= 0.6 is 0 Å². The van der Waals surface area contributed by atoms with E-state index in [-0.39, 0.29) is 6.10 Å². The van der Waals surface area contributed by atoms with Crippen LogP contribution in [0.4, 0.5) is 4.39 Å². The summed E-state index contributed by atoms with van der Waals surface area (Å²) in [5.41, 5.74) is 1.28. The molecule has 1 fully saturated rings. The van der Waals surface area contributed by atoms with E-state index in [2.05, 4.69) is 0 Å². The highest BCUT2D eigenvalue weighted by molar-refractivity contribution is 5.36. The quantitative estimate of drug-likeness (QED) is 0.753. The first-order valence-corrected chi connectivity index (χ1v) is 5.76. The van der Waals surface area contributed by atoms with Gasteiger partial charge in [-0.25, -0.2) is 4.39 Å². The van der Waals surface area contributed by atoms with E-state index in [1.165, 1.54) is 0 Å². The van der Waals surface area contributed by atoms with Gasteiger partial charge in [-0.2, -0.15) is 0 Å². The second-order valence-electron chi connectivity index (χ2n) is 5.04. The molecule has 3 rings (SSSR count). The minimum atomic E-state index is -1.41. The van der Waals surface area contributed by atoms with Gasteiger partial charge < -0.3 is 14.6 Å². The molecule has 1 aromatic rings. The van der Waals surface area contributed by atoms with E-state index in [4.69, 9.17) is 9.47 Å². The molecule has 0 saturated carbocycles. The number of hydrogen-bond donors (Lipinski definition) is 1.